The zero-order valence-electron chi connectivity index (χ0n) is 14.4. The molecular weight excluding hydrogens is 370 g/mol. The minimum Gasteiger partial charge on any atom is -0.378 e. The van der Waals surface area contributed by atoms with Crippen LogP contribution in [-0.4, -0.2) is 37.1 Å². The first kappa shape index (κ1) is 18.9. The van der Waals surface area contributed by atoms with Gasteiger partial charge in [0, 0.05) is 36.3 Å². The number of hydrogen-bond acceptors (Lipinski definition) is 5. The number of ether oxygens (including phenoxy) is 1. The topological polar surface area (TPSA) is 84.7 Å². The predicted molar refractivity (Wildman–Crippen MR) is 105 cm³/mol. The lowest BCUT2D eigenvalue weighted by Crippen LogP contribution is -2.36. The molecule has 1 fully saturated rings. The normalized spacial score (nSPS) is 14.3. The molecule has 1 amide bonds. The first-order valence-electron chi connectivity index (χ1n) is 8.39. The van der Waals surface area contributed by atoms with E-state index < -0.39 is 4.92 Å². The van der Waals surface area contributed by atoms with Crippen molar-refractivity contribution in [1.29, 1.82) is 0 Å². The Balaban J connectivity index is 1.71. The summed E-state index contributed by atoms with van der Waals surface area (Å²) in [6, 6.07) is 11.3. The lowest BCUT2D eigenvalue weighted by molar-refractivity contribution is -0.384. The summed E-state index contributed by atoms with van der Waals surface area (Å²) < 4.78 is 5.37. The van der Waals surface area contributed by atoms with Gasteiger partial charge in [0.05, 0.1) is 29.5 Å². The molecule has 0 bridgehead atoms. The Morgan fingerprint density at radius 2 is 1.89 bits per heavy atom. The number of nitrogens with zero attached hydrogens (tertiary/aromatic N) is 2. The number of amides is 1. The summed E-state index contributed by atoms with van der Waals surface area (Å²) in [6.45, 7) is 2.75. The molecule has 0 spiro atoms. The number of rotatable bonds is 5. The number of nitro groups is 1. The van der Waals surface area contributed by atoms with Crippen LogP contribution in [0.2, 0.25) is 5.02 Å². The van der Waals surface area contributed by atoms with E-state index in [0.717, 1.165) is 18.8 Å². The lowest BCUT2D eigenvalue weighted by Gasteiger charge is -2.30. The number of morpholine rings is 1. The van der Waals surface area contributed by atoms with E-state index in [9.17, 15) is 14.9 Å². The maximum absolute atomic E-state index is 12.3. The molecule has 27 heavy (non-hydrogen) atoms. The van der Waals surface area contributed by atoms with Crippen molar-refractivity contribution in [3.63, 3.8) is 0 Å². The number of carbonyl (C=O) groups excluding carboxylic acids is 1. The van der Waals surface area contributed by atoms with Crippen LogP contribution in [-0.2, 0) is 9.53 Å². The van der Waals surface area contributed by atoms with Crippen LogP contribution in [0.5, 0.6) is 0 Å². The smallest absolute Gasteiger partial charge is 0.269 e. The quantitative estimate of drug-likeness (QED) is 0.480. The Labute approximate surface area is 161 Å². The number of halogens is 1. The monoisotopic (exact) mass is 387 g/mol. The number of anilines is 2. The Bertz CT molecular complexity index is 862. The molecule has 1 aliphatic heterocycles. The van der Waals surface area contributed by atoms with Crippen LogP contribution in [0.3, 0.4) is 0 Å². The molecule has 2 aromatic carbocycles. The predicted octanol–water partition coefficient (Wildman–Crippen LogP) is 3.74. The second kappa shape index (κ2) is 8.66. The summed E-state index contributed by atoms with van der Waals surface area (Å²) >= 11 is 6.08. The number of nitrogens with one attached hydrogen (secondary N) is 1. The highest BCUT2D eigenvalue weighted by Crippen LogP contribution is 2.30. The van der Waals surface area contributed by atoms with E-state index in [1.807, 2.05) is 6.07 Å². The van der Waals surface area contributed by atoms with Crippen molar-refractivity contribution in [2.45, 2.75) is 0 Å². The average Bonchev–Trinajstić information content (AvgIpc) is 2.67. The first-order chi connectivity index (χ1) is 13.0. The summed E-state index contributed by atoms with van der Waals surface area (Å²) in [5.41, 5.74) is 2.21. The van der Waals surface area contributed by atoms with Crippen molar-refractivity contribution in [2.75, 3.05) is 36.5 Å². The number of nitro benzene ring substituents is 1. The average molecular weight is 388 g/mol. The van der Waals surface area contributed by atoms with Crippen molar-refractivity contribution in [1.82, 2.24) is 0 Å². The molecule has 0 atom stereocenters. The van der Waals surface area contributed by atoms with Gasteiger partial charge in [-0.3, -0.25) is 14.9 Å². The Hall–Kier alpha value is -2.90. The van der Waals surface area contributed by atoms with Crippen LogP contribution >= 0.6 is 11.6 Å². The summed E-state index contributed by atoms with van der Waals surface area (Å²) in [4.78, 5) is 24.7. The highest BCUT2D eigenvalue weighted by Gasteiger charge is 2.16. The van der Waals surface area contributed by atoms with Gasteiger partial charge < -0.3 is 15.0 Å². The third kappa shape index (κ3) is 5.06. The van der Waals surface area contributed by atoms with Gasteiger partial charge in [0.2, 0.25) is 5.91 Å². The van der Waals surface area contributed by atoms with Gasteiger partial charge in [0.25, 0.3) is 5.69 Å². The van der Waals surface area contributed by atoms with Crippen molar-refractivity contribution >= 4 is 40.6 Å². The van der Waals surface area contributed by atoms with Gasteiger partial charge in [-0.15, -0.1) is 0 Å². The molecule has 2 aromatic rings. The molecule has 0 saturated carbocycles. The van der Waals surface area contributed by atoms with Crippen molar-refractivity contribution < 1.29 is 14.5 Å². The zero-order chi connectivity index (χ0) is 19.2. The molecule has 0 unspecified atom stereocenters. The van der Waals surface area contributed by atoms with Gasteiger partial charge in [0.1, 0.15) is 0 Å². The molecule has 0 radical (unpaired) electrons. The SMILES string of the molecule is O=C(/C=C/c1ccc([N+](=O)[O-])cc1)Nc1cc(Cl)ccc1N1CCOCC1. The third-order valence-electron chi connectivity index (χ3n) is 4.10. The second-order valence-electron chi connectivity index (χ2n) is 5.93. The van der Waals surface area contributed by atoms with E-state index in [0.29, 0.717) is 29.5 Å². The minimum atomic E-state index is -0.466. The number of hydrogen-bond donors (Lipinski definition) is 1. The fourth-order valence-corrected chi connectivity index (χ4v) is 2.91. The van der Waals surface area contributed by atoms with Crippen LogP contribution in [0.15, 0.2) is 48.5 Å². The van der Waals surface area contributed by atoms with E-state index in [1.54, 1.807) is 30.3 Å². The van der Waals surface area contributed by atoms with Gasteiger partial charge in [-0.2, -0.15) is 0 Å². The fraction of sp³-hybridized carbons (Fsp3) is 0.211. The maximum Gasteiger partial charge on any atom is 0.269 e. The van der Waals surface area contributed by atoms with Gasteiger partial charge in [0.15, 0.2) is 0 Å². The molecule has 0 aliphatic carbocycles. The summed E-state index contributed by atoms with van der Waals surface area (Å²) in [7, 11) is 0. The first-order valence-corrected chi connectivity index (χ1v) is 8.76. The molecule has 1 aliphatic rings. The lowest BCUT2D eigenvalue weighted by atomic mass is 10.2. The Morgan fingerprint density at radius 1 is 1.19 bits per heavy atom. The van der Waals surface area contributed by atoms with E-state index >= 15 is 0 Å². The fourth-order valence-electron chi connectivity index (χ4n) is 2.74. The Morgan fingerprint density at radius 3 is 2.56 bits per heavy atom. The standard InChI is InChI=1S/C19H18ClN3O4/c20-15-4-7-18(22-9-11-27-12-10-22)17(13-15)21-19(24)8-3-14-1-5-16(6-2-14)23(25)26/h1-8,13H,9-12H2,(H,21,24)/b8-3+. The number of benzene rings is 2. The van der Waals surface area contributed by atoms with Crippen LogP contribution in [0.4, 0.5) is 17.1 Å². The van der Waals surface area contributed by atoms with Gasteiger partial charge in [-0.1, -0.05) is 11.6 Å². The summed E-state index contributed by atoms with van der Waals surface area (Å²) in [5, 5.41) is 14.0. The summed E-state index contributed by atoms with van der Waals surface area (Å²) in [5.74, 6) is -0.315. The molecule has 0 aromatic heterocycles. The second-order valence-corrected chi connectivity index (χ2v) is 6.37. The molecule has 1 saturated heterocycles. The van der Waals surface area contributed by atoms with Gasteiger partial charge in [-0.25, -0.2) is 0 Å². The maximum atomic E-state index is 12.3. The van der Waals surface area contributed by atoms with Crippen molar-refractivity contribution in [3.05, 3.63) is 69.2 Å². The van der Waals surface area contributed by atoms with E-state index in [4.69, 9.17) is 16.3 Å². The molecule has 7 nitrogen and oxygen atoms in total. The highest BCUT2D eigenvalue weighted by atomic mass is 35.5. The van der Waals surface area contributed by atoms with Crippen molar-refractivity contribution in [2.24, 2.45) is 0 Å². The van der Waals surface area contributed by atoms with Crippen LogP contribution in [0.1, 0.15) is 5.56 Å². The zero-order valence-corrected chi connectivity index (χ0v) is 15.2. The van der Waals surface area contributed by atoms with Crippen LogP contribution in [0.25, 0.3) is 6.08 Å². The molecule has 8 heteroatoms. The molecule has 140 valence electrons. The summed E-state index contributed by atoms with van der Waals surface area (Å²) in [6.07, 6.45) is 2.98. The minimum absolute atomic E-state index is 0.00526. The largest absolute Gasteiger partial charge is 0.378 e. The number of carbonyl (C=O) groups is 1. The van der Waals surface area contributed by atoms with Gasteiger partial charge >= 0.3 is 0 Å². The molecule has 1 N–H and O–H groups in total. The highest BCUT2D eigenvalue weighted by molar-refractivity contribution is 6.31. The van der Waals surface area contributed by atoms with Crippen molar-refractivity contribution in [3.8, 4) is 0 Å². The van der Waals surface area contributed by atoms with E-state index in [-0.39, 0.29) is 11.6 Å². The molecule has 1 heterocycles. The number of non-ortho nitro benzene ring substituents is 1. The van der Waals surface area contributed by atoms with E-state index in [1.165, 1.54) is 18.2 Å². The van der Waals surface area contributed by atoms with Gasteiger partial charge in [-0.05, 0) is 42.0 Å². The van der Waals surface area contributed by atoms with E-state index in [2.05, 4.69) is 10.2 Å². The Kier molecular flexibility index (Phi) is 6.05. The van der Waals surface area contributed by atoms with Crippen LogP contribution in [0, 0.1) is 10.1 Å². The third-order valence-corrected chi connectivity index (χ3v) is 4.33. The molecule has 3 rings (SSSR count). The van der Waals surface area contributed by atoms with Crippen LogP contribution < -0.4 is 10.2 Å². The molecular formula is C19H18ClN3O4.